The monoisotopic (exact) mass is 963 g/mol. The van der Waals surface area contributed by atoms with Crippen LogP contribution in [0.5, 0.6) is 0 Å². The van der Waals surface area contributed by atoms with E-state index in [4.69, 9.17) is 0 Å². The number of carbonyl (C=O) groups is 1. The van der Waals surface area contributed by atoms with Gasteiger partial charge in [0.15, 0.2) is 82.2 Å². The molecule has 0 aliphatic carbocycles. The molecule has 1 heterocycles. The summed E-state index contributed by atoms with van der Waals surface area (Å²) in [6.45, 7) is -0.0534. The normalized spacial score (nSPS) is 11.6. The molecule has 0 radical (unpaired) electrons. The van der Waals surface area contributed by atoms with Crippen LogP contribution in [-0.4, -0.2) is 28.4 Å². The highest BCUT2D eigenvalue weighted by molar-refractivity contribution is 7.20. The molecule has 27 heteroatoms. The summed E-state index contributed by atoms with van der Waals surface area (Å²) in [6.07, 6.45) is 0.691. The van der Waals surface area contributed by atoms with Crippen molar-refractivity contribution in [3.63, 3.8) is 0 Å². The van der Waals surface area contributed by atoms with Gasteiger partial charge in [-0.2, -0.15) is 4.57 Å². The van der Waals surface area contributed by atoms with Crippen molar-refractivity contribution in [3.8, 4) is 0 Å². The summed E-state index contributed by atoms with van der Waals surface area (Å²) in [7, 11) is 0. The third kappa shape index (κ3) is 8.39. The van der Waals surface area contributed by atoms with Crippen molar-refractivity contribution in [3.05, 3.63) is 193 Å². The van der Waals surface area contributed by atoms with Gasteiger partial charge in [0.2, 0.25) is 18.9 Å². The molecular weight excluding hydrogens is 949 g/mol. The number of benzene rings is 5. The largest absolute Gasteiger partial charge is 0.287 e. The van der Waals surface area contributed by atoms with Gasteiger partial charge in [0.25, 0.3) is 0 Å². The Hall–Kier alpha value is -7.35. The van der Waals surface area contributed by atoms with Gasteiger partial charge in [-0.05, 0) is 12.2 Å². The fraction of sp³-hybridized carbons (Fsp3) is 0.0513. The molecule has 5 aromatic carbocycles. The molecule has 0 aliphatic rings. The van der Waals surface area contributed by atoms with Crippen LogP contribution in [0.25, 0.3) is 6.08 Å². The Balaban J connectivity index is 0.000000324. The summed E-state index contributed by atoms with van der Waals surface area (Å²) in [5, 5.41) is 10.2. The Morgan fingerprint density at radius 3 is 1.12 bits per heavy atom. The van der Waals surface area contributed by atoms with Gasteiger partial charge in [-0.25, -0.2) is 92.8 Å². The van der Waals surface area contributed by atoms with Gasteiger partial charge in [-0.3, -0.25) is 14.9 Å². The molecule has 0 saturated carbocycles. The number of ketones is 1. The molecule has 0 spiro atoms. The zero-order chi connectivity index (χ0) is 49.4. The fourth-order valence-electron chi connectivity index (χ4n) is 6.65. The van der Waals surface area contributed by atoms with Crippen LogP contribution in [0.2, 0.25) is 0 Å². The van der Waals surface area contributed by atoms with Crippen LogP contribution in [0.4, 0.5) is 87.8 Å². The molecule has 346 valence electrons. The standard InChI is InChI=1S/C24BF20.C15H14N3O3/c26-5-1(6(27)14(35)21(42)13(5)34)25(2-7(28)15(36)22(43)16(37)8(2)29,3-9(30)17(38)23(44)18(39)10(3)31)4-11(32)19(40)24(45)20(41)12(4)33;19-15(13-5-2-1-3-6-13)12-17-10-8-16-14(11-17)7-4-9-18(20)21/h;1-8,10-11H,9,12H2/q-1;+1. The number of carbonyl (C=O) groups excluding carboxylic acids is 1. The first kappa shape index (κ1) is 49.7. The number of hydrogen-bond acceptors (Lipinski definition) is 4. The Morgan fingerprint density at radius 2 is 0.818 bits per heavy atom. The van der Waals surface area contributed by atoms with Crippen LogP contribution in [0.1, 0.15) is 16.1 Å². The first-order valence-corrected chi connectivity index (χ1v) is 17.3. The number of halogens is 20. The lowest BCUT2D eigenvalue weighted by atomic mass is 9.12. The number of nitrogens with zero attached hydrogens (tertiary/aromatic N) is 3. The van der Waals surface area contributed by atoms with E-state index in [0.717, 1.165) is 0 Å². The topological polar surface area (TPSA) is 77.0 Å². The zero-order valence-corrected chi connectivity index (χ0v) is 31.4. The van der Waals surface area contributed by atoms with Crippen molar-refractivity contribution in [2.45, 2.75) is 6.54 Å². The highest BCUT2D eigenvalue weighted by atomic mass is 19.2. The second-order valence-corrected chi connectivity index (χ2v) is 13.2. The summed E-state index contributed by atoms with van der Waals surface area (Å²) in [6, 6.07) is 9.02. The molecule has 66 heavy (non-hydrogen) atoms. The second kappa shape index (κ2) is 19.0. The van der Waals surface area contributed by atoms with E-state index in [1.807, 2.05) is 18.2 Å². The van der Waals surface area contributed by atoms with Gasteiger partial charge in [-0.15, -0.1) is 21.9 Å². The average molecular weight is 963 g/mol. The maximum atomic E-state index is 15.4. The minimum absolute atomic E-state index is 0.00739. The smallest absolute Gasteiger partial charge is 0.227 e. The number of nitro groups is 1. The average Bonchev–Trinajstić information content (AvgIpc) is 3.29. The van der Waals surface area contributed by atoms with E-state index in [0.29, 0.717) is 11.3 Å². The van der Waals surface area contributed by atoms with E-state index in [-0.39, 0.29) is 18.9 Å². The molecule has 0 N–H and O–H groups in total. The van der Waals surface area contributed by atoms with E-state index >= 15 is 35.1 Å². The summed E-state index contributed by atoms with van der Waals surface area (Å²) in [4.78, 5) is 26.0. The van der Waals surface area contributed by atoms with Crippen molar-refractivity contribution < 1.29 is 102 Å². The summed E-state index contributed by atoms with van der Waals surface area (Å²) < 4.78 is 296. The van der Waals surface area contributed by atoms with Crippen LogP contribution >= 0.6 is 0 Å². The van der Waals surface area contributed by atoms with Gasteiger partial charge in [-0.1, -0.05) is 30.3 Å². The summed E-state index contributed by atoms with van der Waals surface area (Å²) in [5.41, 5.74) is -13.1. The van der Waals surface area contributed by atoms with Gasteiger partial charge < -0.3 is 0 Å². The lowest BCUT2D eigenvalue weighted by Gasteiger charge is -2.44. The van der Waals surface area contributed by atoms with Crippen molar-refractivity contribution in [2.75, 3.05) is 6.54 Å². The van der Waals surface area contributed by atoms with Crippen molar-refractivity contribution in [1.82, 2.24) is 4.98 Å². The Labute approximate surface area is 352 Å². The van der Waals surface area contributed by atoms with Gasteiger partial charge >= 0.3 is 0 Å². The van der Waals surface area contributed by atoms with Crippen molar-refractivity contribution in [1.29, 1.82) is 0 Å². The maximum absolute atomic E-state index is 15.4. The molecule has 1 aromatic heterocycles. The molecule has 0 unspecified atom stereocenters. The molecule has 6 aromatic rings. The number of rotatable bonds is 10. The number of Topliss-reactive ketones (excluding diaryl/α,β-unsaturated/α-hetero) is 1. The second-order valence-electron chi connectivity index (χ2n) is 13.2. The Bertz CT molecular complexity index is 2610. The molecule has 0 aliphatic heterocycles. The molecule has 6 rings (SSSR count). The molecule has 0 bridgehead atoms. The Morgan fingerprint density at radius 1 is 0.515 bits per heavy atom. The van der Waals surface area contributed by atoms with Gasteiger partial charge in [0.05, 0.1) is 6.20 Å². The van der Waals surface area contributed by atoms with Crippen LogP contribution in [0, 0.1) is 126 Å². The number of aromatic nitrogens is 2. The van der Waals surface area contributed by atoms with Gasteiger partial charge in [0, 0.05) is 10.5 Å². The molecule has 0 saturated heterocycles. The Kier molecular flexibility index (Phi) is 14.3. The van der Waals surface area contributed by atoms with E-state index in [9.17, 15) is 67.6 Å². The highest BCUT2D eigenvalue weighted by Crippen LogP contribution is 2.30. The fourth-order valence-corrected chi connectivity index (χ4v) is 6.65. The minimum Gasteiger partial charge on any atom is -0.287 e. The van der Waals surface area contributed by atoms with E-state index < -0.39 is 149 Å². The summed E-state index contributed by atoms with van der Waals surface area (Å²) in [5.74, 6) is -71.4. The van der Waals surface area contributed by atoms with Crippen LogP contribution < -0.4 is 26.4 Å². The summed E-state index contributed by atoms with van der Waals surface area (Å²) >= 11 is 0. The quantitative estimate of drug-likeness (QED) is 0.0210. The third-order valence-corrected chi connectivity index (χ3v) is 9.45. The molecular formula is C39H14BF20N3O3. The zero-order valence-electron chi connectivity index (χ0n) is 31.4. The molecule has 0 amide bonds. The predicted octanol–water partition coefficient (Wildman–Crippen LogP) is 7.39. The predicted molar refractivity (Wildman–Crippen MR) is 185 cm³/mol. The SMILES string of the molecule is Fc1c(F)c(F)c([B-](c2c(F)c(F)c(F)c(F)c2F)(c2c(F)c(F)c(F)c(F)c2F)c2c(F)c(F)c(F)c(F)c2F)c(F)c1F.O=C(C[n+]1ccnc(C=CC[N+](=O)[O-])c1)c1ccccc1. The molecule has 0 fully saturated rings. The van der Waals surface area contributed by atoms with Crippen LogP contribution in [0.3, 0.4) is 0 Å². The minimum atomic E-state index is -7.22. The lowest BCUT2D eigenvalue weighted by Crippen LogP contribution is -2.81. The first-order valence-electron chi connectivity index (χ1n) is 17.3. The van der Waals surface area contributed by atoms with Crippen LogP contribution in [-0.2, 0) is 6.54 Å². The van der Waals surface area contributed by atoms with E-state index in [1.54, 1.807) is 41.4 Å². The van der Waals surface area contributed by atoms with Crippen LogP contribution in [0.15, 0.2) is 55.0 Å². The highest BCUT2D eigenvalue weighted by Gasteiger charge is 2.52. The first-order chi connectivity index (χ1) is 30.8. The molecule has 6 nitrogen and oxygen atoms in total. The van der Waals surface area contributed by atoms with E-state index in [2.05, 4.69) is 4.98 Å². The van der Waals surface area contributed by atoms with Gasteiger partial charge in [0.1, 0.15) is 58.4 Å². The lowest BCUT2D eigenvalue weighted by molar-refractivity contribution is -0.683. The third-order valence-electron chi connectivity index (χ3n) is 9.45. The number of hydrogen-bond donors (Lipinski definition) is 0. The van der Waals surface area contributed by atoms with E-state index in [1.165, 1.54) is 6.08 Å². The maximum Gasteiger partial charge on any atom is 0.227 e. The van der Waals surface area contributed by atoms with Crippen molar-refractivity contribution >= 4 is 39.9 Å². The molecule has 0 atom stereocenters. The van der Waals surface area contributed by atoms with Crippen molar-refractivity contribution in [2.24, 2.45) is 0 Å².